The smallest absolute Gasteiger partial charge is 0.171 e. The fraction of sp³-hybridized carbons (Fsp3) is 0.171. The summed E-state index contributed by atoms with van der Waals surface area (Å²) in [6.45, 7) is 4.76. The first-order chi connectivity index (χ1) is 21.4. The van der Waals surface area contributed by atoms with Gasteiger partial charge in [0.15, 0.2) is 7.14 Å². The molecular weight excluding hydrogens is 553 g/mol. The third kappa shape index (κ3) is 3.95. The monoisotopic (exact) mass is 589 g/mol. The fourth-order valence-electron chi connectivity index (χ4n) is 8.10. The normalized spacial score (nSPS) is 28.2. The summed E-state index contributed by atoms with van der Waals surface area (Å²) >= 11 is 0. The van der Waals surface area contributed by atoms with Crippen molar-refractivity contribution in [3.8, 4) is 0 Å². The SMILES string of the molecule is CC12NC3[C@H](C=CC4C=CC=CC43C)C(c3ccc(P(=O)(c4ccccc4)c4ccccc4)cc3)=C1C=Cc1ccccc12. The van der Waals surface area contributed by atoms with Gasteiger partial charge in [0.2, 0.25) is 0 Å². The minimum absolute atomic E-state index is 0.0691. The van der Waals surface area contributed by atoms with Crippen molar-refractivity contribution >= 4 is 34.7 Å². The van der Waals surface area contributed by atoms with Crippen molar-refractivity contribution in [1.82, 2.24) is 5.32 Å². The number of hydrogen-bond acceptors (Lipinski definition) is 2. The van der Waals surface area contributed by atoms with E-state index in [-0.39, 0.29) is 22.9 Å². The zero-order chi connectivity index (χ0) is 29.9. The Morgan fingerprint density at radius 1 is 0.659 bits per heavy atom. The molecule has 3 aliphatic carbocycles. The molecule has 0 spiro atoms. The summed E-state index contributed by atoms with van der Waals surface area (Å²) in [6.07, 6.45) is 18.6. The average Bonchev–Trinajstić information content (AvgIpc) is 3.08. The molecule has 4 unspecified atom stereocenters. The van der Waals surface area contributed by atoms with Gasteiger partial charge in [0.25, 0.3) is 0 Å². The van der Waals surface area contributed by atoms with E-state index in [2.05, 4.69) is 116 Å². The Kier molecular flexibility index (Phi) is 6.31. The summed E-state index contributed by atoms with van der Waals surface area (Å²) in [7, 11) is -3.05. The van der Waals surface area contributed by atoms with E-state index in [1.165, 1.54) is 27.8 Å². The van der Waals surface area contributed by atoms with Crippen LogP contribution in [-0.2, 0) is 10.1 Å². The third-order valence-corrected chi connectivity index (χ3v) is 13.6. The number of nitrogens with one attached hydrogen (secondary N) is 1. The Hall–Kier alpha value is -4.23. The predicted molar refractivity (Wildman–Crippen MR) is 185 cm³/mol. The third-order valence-electron chi connectivity index (χ3n) is 10.5. The molecule has 3 heteroatoms. The van der Waals surface area contributed by atoms with Gasteiger partial charge in [-0.1, -0.05) is 165 Å². The molecule has 0 saturated carbocycles. The van der Waals surface area contributed by atoms with E-state index in [0.717, 1.165) is 15.9 Å². The maximum absolute atomic E-state index is 15.1. The fourth-order valence-corrected chi connectivity index (χ4v) is 10.8. The van der Waals surface area contributed by atoms with Gasteiger partial charge in [-0.05, 0) is 34.8 Å². The van der Waals surface area contributed by atoms with Gasteiger partial charge in [-0.25, -0.2) is 0 Å². The number of fused-ring (bicyclic) bond motifs is 6. The molecule has 0 aromatic heterocycles. The van der Waals surface area contributed by atoms with Gasteiger partial charge < -0.3 is 4.57 Å². The number of hydrogen-bond donors (Lipinski definition) is 1. The van der Waals surface area contributed by atoms with E-state index in [4.69, 9.17) is 0 Å². The van der Waals surface area contributed by atoms with Crippen LogP contribution in [0.4, 0.5) is 0 Å². The summed E-state index contributed by atoms with van der Waals surface area (Å²) in [4.78, 5) is 0. The molecule has 5 atom stereocenters. The van der Waals surface area contributed by atoms with Crippen molar-refractivity contribution in [3.05, 3.63) is 174 Å². The van der Waals surface area contributed by atoms with Gasteiger partial charge in [0.05, 0.1) is 5.54 Å². The zero-order valence-corrected chi connectivity index (χ0v) is 26.0. The molecule has 216 valence electrons. The van der Waals surface area contributed by atoms with Crippen LogP contribution in [0.15, 0.2) is 157 Å². The number of allylic oxidation sites excluding steroid dienone is 4. The highest BCUT2D eigenvalue weighted by atomic mass is 31.2. The van der Waals surface area contributed by atoms with E-state index in [9.17, 15) is 0 Å². The molecule has 8 rings (SSSR count). The lowest BCUT2D eigenvalue weighted by Gasteiger charge is -2.56. The van der Waals surface area contributed by atoms with Crippen molar-refractivity contribution in [2.75, 3.05) is 0 Å². The van der Waals surface area contributed by atoms with E-state index < -0.39 is 7.14 Å². The topological polar surface area (TPSA) is 29.1 Å². The molecule has 2 nitrogen and oxygen atoms in total. The number of rotatable bonds is 4. The minimum atomic E-state index is -3.05. The molecule has 1 aliphatic heterocycles. The standard InChI is InChI=1S/C41H36NOP/c1-40-28-12-11-14-31(40)23-26-35-38(37-27-22-29-13-9-10-19-36(29)41(37,2)42-39(35)40)30-20-24-34(25-21-30)44(43,32-15-5-3-6-16-32)33-17-7-4-8-18-33/h3-28,31,35,39,42H,1-2H3/t31?,35-,39?,40?,41?/m1/s1. The van der Waals surface area contributed by atoms with Crippen LogP contribution in [0.1, 0.15) is 30.5 Å². The molecule has 0 saturated heterocycles. The molecule has 4 aromatic carbocycles. The zero-order valence-electron chi connectivity index (χ0n) is 25.1. The highest BCUT2D eigenvalue weighted by molar-refractivity contribution is 7.85. The summed E-state index contributed by atoms with van der Waals surface area (Å²) in [6, 6.07) is 37.5. The molecule has 1 N–H and O–H groups in total. The molecule has 0 amide bonds. The van der Waals surface area contributed by atoms with Gasteiger partial charge in [-0.15, -0.1) is 0 Å². The summed E-state index contributed by atoms with van der Waals surface area (Å²) in [5.74, 6) is 0.526. The van der Waals surface area contributed by atoms with Gasteiger partial charge in [-0.3, -0.25) is 5.32 Å². The quantitative estimate of drug-likeness (QED) is 0.194. The van der Waals surface area contributed by atoms with Crippen LogP contribution in [-0.4, -0.2) is 6.04 Å². The lowest BCUT2D eigenvalue weighted by atomic mass is 9.56. The summed E-state index contributed by atoms with van der Waals surface area (Å²) in [5, 5.41) is 6.78. The minimum Gasteiger partial charge on any atom is -0.309 e. The Morgan fingerprint density at radius 3 is 2.00 bits per heavy atom. The molecule has 1 heterocycles. The first kappa shape index (κ1) is 27.3. The van der Waals surface area contributed by atoms with Crippen molar-refractivity contribution < 1.29 is 4.57 Å². The molecule has 0 bridgehead atoms. The predicted octanol–water partition coefficient (Wildman–Crippen LogP) is 7.93. The van der Waals surface area contributed by atoms with Crippen molar-refractivity contribution in [1.29, 1.82) is 0 Å². The Labute approximate surface area is 260 Å². The van der Waals surface area contributed by atoms with Crippen LogP contribution in [0, 0.1) is 17.3 Å². The molecule has 0 fully saturated rings. The second-order valence-electron chi connectivity index (χ2n) is 12.9. The van der Waals surface area contributed by atoms with Crippen LogP contribution in [0.3, 0.4) is 0 Å². The van der Waals surface area contributed by atoms with Gasteiger partial charge >= 0.3 is 0 Å². The van der Waals surface area contributed by atoms with Crippen LogP contribution in [0.2, 0.25) is 0 Å². The average molecular weight is 590 g/mol. The van der Waals surface area contributed by atoms with E-state index >= 15 is 4.57 Å². The van der Waals surface area contributed by atoms with Crippen LogP contribution >= 0.6 is 7.14 Å². The molecule has 0 radical (unpaired) electrons. The van der Waals surface area contributed by atoms with Gasteiger partial charge in [0, 0.05) is 39.2 Å². The second-order valence-corrected chi connectivity index (χ2v) is 15.6. The van der Waals surface area contributed by atoms with E-state index in [1.807, 2.05) is 60.7 Å². The Balaban J connectivity index is 1.32. The summed E-state index contributed by atoms with van der Waals surface area (Å²) < 4.78 is 15.1. The lowest BCUT2D eigenvalue weighted by Crippen LogP contribution is -2.62. The summed E-state index contributed by atoms with van der Waals surface area (Å²) in [5.41, 5.74) is 6.00. The van der Waals surface area contributed by atoms with Crippen molar-refractivity contribution in [2.24, 2.45) is 17.3 Å². The first-order valence-electron chi connectivity index (χ1n) is 15.6. The second kappa shape index (κ2) is 10.2. The van der Waals surface area contributed by atoms with E-state index in [1.54, 1.807) is 0 Å². The van der Waals surface area contributed by atoms with Gasteiger partial charge in [-0.2, -0.15) is 0 Å². The Bertz CT molecular complexity index is 1910. The first-order valence-corrected chi connectivity index (χ1v) is 17.3. The van der Waals surface area contributed by atoms with Crippen LogP contribution in [0.25, 0.3) is 11.6 Å². The number of benzene rings is 4. The van der Waals surface area contributed by atoms with Crippen LogP contribution < -0.4 is 21.2 Å². The van der Waals surface area contributed by atoms with E-state index in [0.29, 0.717) is 5.92 Å². The molecule has 4 aliphatic rings. The molecular formula is C41H36NOP. The highest BCUT2D eigenvalue weighted by Crippen LogP contribution is 2.55. The van der Waals surface area contributed by atoms with Crippen LogP contribution in [0.5, 0.6) is 0 Å². The van der Waals surface area contributed by atoms with Crippen molar-refractivity contribution in [3.63, 3.8) is 0 Å². The lowest BCUT2D eigenvalue weighted by molar-refractivity contribution is 0.157. The van der Waals surface area contributed by atoms with Gasteiger partial charge in [0.1, 0.15) is 0 Å². The van der Waals surface area contributed by atoms with Crippen molar-refractivity contribution in [2.45, 2.75) is 25.4 Å². The maximum atomic E-state index is 15.1. The maximum Gasteiger partial charge on any atom is 0.171 e. The largest absolute Gasteiger partial charge is 0.309 e. The highest BCUT2D eigenvalue weighted by Gasteiger charge is 2.53. The Morgan fingerprint density at radius 2 is 1.30 bits per heavy atom. The molecule has 4 aromatic rings. The molecule has 44 heavy (non-hydrogen) atoms.